The van der Waals surface area contributed by atoms with Crippen LogP contribution in [0.3, 0.4) is 0 Å². The smallest absolute Gasteiger partial charge is 0.258 e. The normalized spacial score (nSPS) is 13.6. The summed E-state index contributed by atoms with van der Waals surface area (Å²) in [4.78, 5) is 10.9. The number of benzene rings is 3. The molecule has 3 rings (SSSR count). The summed E-state index contributed by atoms with van der Waals surface area (Å²) < 4.78 is 39.8. The van der Waals surface area contributed by atoms with Crippen LogP contribution in [0.1, 0.15) is 6.85 Å². The van der Waals surface area contributed by atoms with E-state index >= 15 is 0 Å². The molecule has 4 heteroatoms. The molecule has 0 radical (unpaired) electrons. The van der Waals surface area contributed by atoms with Crippen molar-refractivity contribution in [2.45, 2.75) is 0 Å². The summed E-state index contributed by atoms with van der Waals surface area (Å²) >= 11 is 6.02. The van der Waals surface area contributed by atoms with Crippen LogP contribution in [0.5, 0.6) is 0 Å². The van der Waals surface area contributed by atoms with Crippen LogP contribution < -0.4 is 0 Å². The maximum Gasteiger partial charge on any atom is 0.277 e. The van der Waals surface area contributed by atoms with E-state index in [0.29, 0.717) is 11.1 Å². The maximum atomic E-state index is 11.4. The van der Waals surface area contributed by atoms with Crippen LogP contribution in [-0.4, -0.2) is 4.92 Å². The molecule has 108 valence electrons. The summed E-state index contributed by atoms with van der Waals surface area (Å²) in [6.45, 7) is 0. The summed E-state index contributed by atoms with van der Waals surface area (Å²) in [5, 5.41) is 11.7. The largest absolute Gasteiger partial charge is 0.277 e. The Bertz CT molecular complexity index is 1060. The molecule has 0 saturated carbocycles. The first kappa shape index (κ1) is 9.38. The summed E-state index contributed by atoms with van der Waals surface area (Å²) in [5.74, 6) is 0. The average molecular weight is 315 g/mol. The molecule has 0 fully saturated rings. The van der Waals surface area contributed by atoms with Crippen molar-refractivity contribution in [1.82, 2.24) is 0 Å². The highest BCUT2D eigenvalue weighted by molar-refractivity contribution is 6.31. The van der Waals surface area contributed by atoms with Crippen LogP contribution in [0.15, 0.2) is 72.7 Å². The number of rotatable bonds is 3. The topological polar surface area (TPSA) is 43.1 Å². The van der Waals surface area contributed by atoms with Gasteiger partial charge in [-0.05, 0) is 28.8 Å². The molecule has 0 aromatic heterocycles. The summed E-state index contributed by atoms with van der Waals surface area (Å²) in [6.07, 6.45) is 0. The Hall–Kier alpha value is -2.65. The van der Waals surface area contributed by atoms with Gasteiger partial charge in [0.1, 0.15) is 0 Å². The molecule has 0 aliphatic rings. The van der Waals surface area contributed by atoms with Crippen molar-refractivity contribution in [2.24, 2.45) is 0 Å². The van der Waals surface area contributed by atoms with Crippen LogP contribution in [0, 0.1) is 10.1 Å². The number of nitrogens with zero attached hydrogens (tertiary/aromatic N) is 1. The molecule has 22 heavy (non-hydrogen) atoms. The third-order valence-electron chi connectivity index (χ3n) is 3.14. The zero-order chi connectivity index (χ0) is 19.9. The van der Waals surface area contributed by atoms with Crippen molar-refractivity contribution >= 4 is 17.3 Å². The minimum absolute atomic E-state index is 0.0223. The van der Waals surface area contributed by atoms with Gasteiger partial charge in [-0.2, -0.15) is 0 Å². The summed E-state index contributed by atoms with van der Waals surface area (Å²) in [7, 11) is 0. The van der Waals surface area contributed by atoms with E-state index in [1.54, 1.807) is 24.3 Å². The van der Waals surface area contributed by atoms with Gasteiger partial charge < -0.3 is 0 Å². The van der Waals surface area contributed by atoms with Gasteiger partial charge in [0.05, 0.1) is 17.3 Å². The quantitative estimate of drug-likeness (QED) is 0.467. The molecule has 0 saturated heterocycles. The van der Waals surface area contributed by atoms with E-state index in [0.717, 1.165) is 0 Å². The van der Waals surface area contributed by atoms with Crippen LogP contribution in [0.25, 0.3) is 22.3 Å². The molecule has 0 unspecified atom stereocenters. The first-order chi connectivity index (χ1) is 12.7. The van der Waals surface area contributed by atoms with Crippen molar-refractivity contribution in [3.05, 3.63) is 87.8 Å². The highest BCUT2D eigenvalue weighted by Crippen LogP contribution is 2.38. The van der Waals surface area contributed by atoms with Crippen molar-refractivity contribution < 1.29 is 11.8 Å². The molecule has 0 aliphatic carbocycles. The zero-order valence-electron chi connectivity index (χ0n) is 16.2. The molecule has 0 N–H and O–H groups in total. The standard InChI is InChI=1S/C18H12ClNO2/c19-14-10-11-18(20(21)22)17(12-14)16-9-5-4-8-15(16)13-6-2-1-3-7-13/h1-12H/i1D,2D,3D,6D,7D. The first-order valence-corrected chi connectivity index (χ1v) is 6.72. The molecule has 3 nitrogen and oxygen atoms in total. The lowest BCUT2D eigenvalue weighted by atomic mass is 9.94. The molecule has 3 aromatic rings. The maximum absolute atomic E-state index is 11.4. The second-order valence-corrected chi connectivity index (χ2v) is 4.90. The lowest BCUT2D eigenvalue weighted by molar-refractivity contribution is -0.384. The van der Waals surface area contributed by atoms with Gasteiger partial charge in [-0.15, -0.1) is 0 Å². The number of nitro benzene ring substituents is 1. The SMILES string of the molecule is [2H]c1c([2H])c([2H])c(-c2ccccc2-c2cc(Cl)ccc2[N+](=O)[O-])c([2H])c1[2H]. The molecule has 0 spiro atoms. The van der Waals surface area contributed by atoms with E-state index in [-0.39, 0.29) is 33.9 Å². The molecule has 0 bridgehead atoms. The molecular formula is C18H12ClNO2. The van der Waals surface area contributed by atoms with E-state index in [4.69, 9.17) is 18.5 Å². The predicted octanol–water partition coefficient (Wildman–Crippen LogP) is 5.58. The highest BCUT2D eigenvalue weighted by Gasteiger charge is 2.18. The zero-order valence-corrected chi connectivity index (χ0v) is 11.9. The third-order valence-corrected chi connectivity index (χ3v) is 3.38. The predicted molar refractivity (Wildman–Crippen MR) is 89.0 cm³/mol. The number of hydrogen-bond donors (Lipinski definition) is 0. The molecule has 0 heterocycles. The Morgan fingerprint density at radius 2 is 1.64 bits per heavy atom. The third kappa shape index (κ3) is 2.71. The minimum atomic E-state index is -0.551. The van der Waals surface area contributed by atoms with Gasteiger partial charge in [0.15, 0.2) is 0 Å². The Morgan fingerprint density at radius 1 is 0.955 bits per heavy atom. The van der Waals surface area contributed by atoms with Crippen LogP contribution >= 0.6 is 11.6 Å². The molecule has 0 atom stereocenters. The monoisotopic (exact) mass is 314 g/mol. The second-order valence-electron chi connectivity index (χ2n) is 4.46. The Balaban J connectivity index is 2.40. The van der Waals surface area contributed by atoms with Gasteiger partial charge in [-0.3, -0.25) is 10.1 Å². The lowest BCUT2D eigenvalue weighted by Crippen LogP contribution is -1.93. The van der Waals surface area contributed by atoms with Gasteiger partial charge in [-0.25, -0.2) is 0 Å². The highest BCUT2D eigenvalue weighted by atomic mass is 35.5. The first-order valence-electron chi connectivity index (χ1n) is 8.84. The van der Waals surface area contributed by atoms with Crippen LogP contribution in [-0.2, 0) is 0 Å². The van der Waals surface area contributed by atoms with Crippen molar-refractivity contribution in [3.63, 3.8) is 0 Å². The lowest BCUT2D eigenvalue weighted by Gasteiger charge is -2.10. The summed E-state index contributed by atoms with van der Waals surface area (Å²) in [6, 6.07) is 8.34. The van der Waals surface area contributed by atoms with Gasteiger partial charge in [-0.1, -0.05) is 66.1 Å². The van der Waals surface area contributed by atoms with E-state index in [9.17, 15) is 10.1 Å². The molecule has 0 amide bonds. The van der Waals surface area contributed by atoms with Gasteiger partial charge in [0.25, 0.3) is 5.69 Å². The molecular weight excluding hydrogens is 298 g/mol. The molecule has 3 aromatic carbocycles. The fourth-order valence-electron chi connectivity index (χ4n) is 2.20. The average Bonchev–Trinajstić information content (AvgIpc) is 2.65. The van der Waals surface area contributed by atoms with E-state index in [1.807, 2.05) is 0 Å². The second kappa shape index (κ2) is 6.00. The van der Waals surface area contributed by atoms with Crippen LogP contribution in [0.4, 0.5) is 5.69 Å². The fourth-order valence-corrected chi connectivity index (χ4v) is 2.38. The Kier molecular flexibility index (Phi) is 2.56. The number of halogens is 1. The van der Waals surface area contributed by atoms with Crippen LogP contribution in [0.2, 0.25) is 5.02 Å². The Labute approximate surface area is 140 Å². The Morgan fingerprint density at radius 3 is 2.32 bits per heavy atom. The van der Waals surface area contributed by atoms with Crippen molar-refractivity contribution in [1.29, 1.82) is 0 Å². The van der Waals surface area contributed by atoms with Gasteiger partial charge in [0.2, 0.25) is 0 Å². The fraction of sp³-hybridized carbons (Fsp3) is 0. The molecule has 0 aliphatic heterocycles. The van der Waals surface area contributed by atoms with Gasteiger partial charge >= 0.3 is 0 Å². The van der Waals surface area contributed by atoms with Gasteiger partial charge in [0, 0.05) is 11.1 Å². The van der Waals surface area contributed by atoms with E-state index in [1.165, 1.54) is 18.2 Å². The van der Waals surface area contributed by atoms with Crippen molar-refractivity contribution in [2.75, 3.05) is 0 Å². The number of nitro groups is 1. The van der Waals surface area contributed by atoms with Crippen molar-refractivity contribution in [3.8, 4) is 22.3 Å². The minimum Gasteiger partial charge on any atom is -0.258 e. The summed E-state index contributed by atoms with van der Waals surface area (Å²) in [5.41, 5.74) is 0.630. The van der Waals surface area contributed by atoms with E-state index in [2.05, 4.69) is 0 Å². The number of hydrogen-bond acceptors (Lipinski definition) is 2. The van der Waals surface area contributed by atoms with E-state index < -0.39 is 23.1 Å².